The minimum absolute atomic E-state index is 1.08. The molecule has 13 heavy (non-hydrogen) atoms. The van der Waals surface area contributed by atoms with Gasteiger partial charge in [-0.1, -0.05) is 48.6 Å². The summed E-state index contributed by atoms with van der Waals surface area (Å²) in [6, 6.07) is 8.58. The van der Waals surface area contributed by atoms with Gasteiger partial charge in [0.05, 0.1) is 0 Å². The number of hydrogen-bond donors (Lipinski definition) is 0. The van der Waals surface area contributed by atoms with E-state index < -0.39 is 0 Å². The van der Waals surface area contributed by atoms with Crippen molar-refractivity contribution in [2.45, 2.75) is 6.42 Å². The Morgan fingerprint density at radius 3 is 3.00 bits per heavy atom. The minimum Gasteiger partial charge on any atom is -0.0801 e. The smallest absolute Gasteiger partial charge is 0.00879 e. The highest BCUT2D eigenvalue weighted by atomic mass is 14.2. The lowest BCUT2D eigenvalue weighted by atomic mass is 9.97. The van der Waals surface area contributed by atoms with Crippen LogP contribution in [-0.2, 0) is 0 Å². The third-order valence-corrected chi connectivity index (χ3v) is 2.66. The van der Waals surface area contributed by atoms with E-state index >= 15 is 0 Å². The van der Waals surface area contributed by atoms with E-state index in [1.165, 1.54) is 22.3 Å². The van der Waals surface area contributed by atoms with Crippen molar-refractivity contribution in [2.24, 2.45) is 0 Å². The summed E-state index contributed by atoms with van der Waals surface area (Å²) in [5, 5.41) is 0. The Morgan fingerprint density at radius 2 is 2.00 bits per heavy atom. The lowest BCUT2D eigenvalue weighted by Crippen LogP contribution is -1.86. The summed E-state index contributed by atoms with van der Waals surface area (Å²) >= 11 is 0. The molecule has 1 aromatic rings. The van der Waals surface area contributed by atoms with Gasteiger partial charge in [-0.2, -0.15) is 0 Å². The summed E-state index contributed by atoms with van der Waals surface area (Å²) in [6.07, 6.45) is 9.95. The molecule has 0 aromatic heterocycles. The number of fused-ring (bicyclic) bond motifs is 3. The molecule has 0 fully saturated rings. The fourth-order valence-electron chi connectivity index (χ4n) is 2.03. The first kappa shape index (κ1) is 6.90. The van der Waals surface area contributed by atoms with Gasteiger partial charge in [0.1, 0.15) is 0 Å². The van der Waals surface area contributed by atoms with Crippen LogP contribution in [0.3, 0.4) is 0 Å². The van der Waals surface area contributed by atoms with E-state index in [1.54, 1.807) is 0 Å². The van der Waals surface area contributed by atoms with Crippen LogP contribution in [0.25, 0.3) is 11.6 Å². The molecule has 0 radical (unpaired) electrons. The molecule has 0 heteroatoms. The maximum atomic E-state index is 2.30. The third kappa shape index (κ3) is 0.919. The van der Waals surface area contributed by atoms with Crippen molar-refractivity contribution >= 4 is 11.6 Å². The van der Waals surface area contributed by atoms with Crippen LogP contribution in [-0.4, -0.2) is 0 Å². The maximum absolute atomic E-state index is 2.30. The van der Waals surface area contributed by atoms with Crippen molar-refractivity contribution in [1.29, 1.82) is 0 Å². The molecule has 1 aromatic carbocycles. The summed E-state index contributed by atoms with van der Waals surface area (Å²) in [6.45, 7) is 0. The monoisotopic (exact) mass is 166 g/mol. The molecule has 62 valence electrons. The Labute approximate surface area is 77.9 Å². The topological polar surface area (TPSA) is 0 Å². The Hall–Kier alpha value is -1.56. The highest BCUT2D eigenvalue weighted by Crippen LogP contribution is 2.38. The van der Waals surface area contributed by atoms with E-state index in [2.05, 4.69) is 48.6 Å². The summed E-state index contributed by atoms with van der Waals surface area (Å²) < 4.78 is 0. The molecule has 0 bridgehead atoms. The molecule has 0 nitrogen and oxygen atoms in total. The zero-order valence-corrected chi connectivity index (χ0v) is 7.33. The van der Waals surface area contributed by atoms with Crippen molar-refractivity contribution in [2.75, 3.05) is 0 Å². The molecular formula is C13H10. The zero-order chi connectivity index (χ0) is 8.67. The van der Waals surface area contributed by atoms with Gasteiger partial charge in [0.2, 0.25) is 0 Å². The first-order valence-electron chi connectivity index (χ1n) is 4.62. The van der Waals surface area contributed by atoms with Crippen LogP contribution >= 0.6 is 0 Å². The van der Waals surface area contributed by atoms with E-state index in [1.807, 2.05) is 0 Å². The first-order valence-corrected chi connectivity index (χ1v) is 4.62. The van der Waals surface area contributed by atoms with Gasteiger partial charge in [-0.25, -0.2) is 0 Å². The van der Waals surface area contributed by atoms with Gasteiger partial charge in [0.15, 0.2) is 0 Å². The van der Waals surface area contributed by atoms with Gasteiger partial charge >= 0.3 is 0 Å². The molecule has 0 spiro atoms. The highest BCUT2D eigenvalue weighted by Gasteiger charge is 2.17. The Kier molecular flexibility index (Phi) is 1.31. The molecule has 0 unspecified atom stereocenters. The van der Waals surface area contributed by atoms with E-state index in [0.717, 1.165) is 6.42 Å². The van der Waals surface area contributed by atoms with E-state index in [4.69, 9.17) is 0 Å². The number of rotatable bonds is 0. The van der Waals surface area contributed by atoms with Gasteiger partial charge in [-0.3, -0.25) is 0 Å². The molecule has 2 aliphatic rings. The van der Waals surface area contributed by atoms with Crippen molar-refractivity contribution in [3.8, 4) is 0 Å². The lowest BCUT2D eigenvalue weighted by molar-refractivity contribution is 1.31. The Bertz CT molecular complexity index is 445. The van der Waals surface area contributed by atoms with Crippen molar-refractivity contribution in [1.82, 2.24) is 0 Å². The fourth-order valence-corrected chi connectivity index (χ4v) is 2.03. The van der Waals surface area contributed by atoms with Crippen molar-refractivity contribution in [3.63, 3.8) is 0 Å². The maximum Gasteiger partial charge on any atom is -0.00879 e. The molecular weight excluding hydrogens is 156 g/mol. The molecule has 0 aliphatic heterocycles. The average molecular weight is 166 g/mol. The van der Waals surface area contributed by atoms with Crippen LogP contribution in [0.4, 0.5) is 0 Å². The van der Waals surface area contributed by atoms with Crippen LogP contribution < -0.4 is 0 Å². The van der Waals surface area contributed by atoms with Crippen molar-refractivity contribution in [3.05, 3.63) is 59.2 Å². The summed E-state index contributed by atoms with van der Waals surface area (Å²) in [5.74, 6) is 0. The van der Waals surface area contributed by atoms with Gasteiger partial charge in [0.25, 0.3) is 0 Å². The highest BCUT2D eigenvalue weighted by molar-refractivity contribution is 5.95. The van der Waals surface area contributed by atoms with Crippen LogP contribution in [0.2, 0.25) is 0 Å². The minimum atomic E-state index is 1.08. The van der Waals surface area contributed by atoms with Crippen LogP contribution in [0.1, 0.15) is 17.5 Å². The summed E-state index contributed by atoms with van der Waals surface area (Å²) in [5.41, 5.74) is 5.64. The molecule has 0 N–H and O–H groups in total. The molecule has 2 aliphatic carbocycles. The molecule has 0 heterocycles. The lowest BCUT2D eigenvalue weighted by Gasteiger charge is -2.07. The van der Waals surface area contributed by atoms with E-state index in [0.29, 0.717) is 0 Å². The summed E-state index contributed by atoms with van der Waals surface area (Å²) in [7, 11) is 0. The molecule has 0 atom stereocenters. The molecule has 3 rings (SSSR count). The predicted molar refractivity (Wildman–Crippen MR) is 56.2 cm³/mol. The quantitative estimate of drug-likeness (QED) is 0.554. The second-order valence-corrected chi connectivity index (χ2v) is 3.47. The predicted octanol–water partition coefficient (Wildman–Crippen LogP) is 3.43. The van der Waals surface area contributed by atoms with Gasteiger partial charge in [-0.05, 0) is 28.7 Å². The molecule has 0 saturated heterocycles. The van der Waals surface area contributed by atoms with Gasteiger partial charge in [0, 0.05) is 0 Å². The van der Waals surface area contributed by atoms with Crippen LogP contribution in [0.15, 0.2) is 48.1 Å². The van der Waals surface area contributed by atoms with E-state index in [-0.39, 0.29) is 0 Å². The van der Waals surface area contributed by atoms with Crippen LogP contribution in [0, 0.1) is 0 Å². The second-order valence-electron chi connectivity index (χ2n) is 3.47. The Balaban J connectivity index is 2.26. The average Bonchev–Trinajstić information content (AvgIpc) is 2.56. The zero-order valence-electron chi connectivity index (χ0n) is 7.33. The SMILES string of the molecule is C1=CCC2=Cc3ccccc3C2=C1. The van der Waals surface area contributed by atoms with Gasteiger partial charge in [-0.15, -0.1) is 0 Å². The van der Waals surface area contributed by atoms with E-state index in [9.17, 15) is 0 Å². The van der Waals surface area contributed by atoms with Crippen LogP contribution in [0.5, 0.6) is 0 Å². The number of allylic oxidation sites excluding steroid dienone is 5. The summed E-state index contributed by atoms with van der Waals surface area (Å²) in [4.78, 5) is 0. The Morgan fingerprint density at radius 1 is 1.08 bits per heavy atom. The normalized spacial score (nSPS) is 17.5. The fraction of sp³-hybridized carbons (Fsp3) is 0.0769. The van der Waals surface area contributed by atoms with Gasteiger partial charge < -0.3 is 0 Å². The number of benzene rings is 1. The largest absolute Gasteiger partial charge is 0.0801 e. The second kappa shape index (κ2) is 2.46. The standard InChI is InChI=1S/C13H10/c1-3-7-12-10(5-1)9-11-6-2-4-8-13(11)12/h1-5,7-9H,6H2. The number of hydrogen-bond acceptors (Lipinski definition) is 0. The van der Waals surface area contributed by atoms with Crippen molar-refractivity contribution < 1.29 is 0 Å². The molecule has 0 amide bonds. The first-order chi connectivity index (χ1) is 6.45. The molecule has 0 saturated carbocycles. The third-order valence-electron chi connectivity index (χ3n) is 2.66.